The maximum absolute atomic E-state index is 12.2. The molecule has 23 heavy (non-hydrogen) atoms. The normalized spacial score (nSPS) is 13.3. The van der Waals surface area contributed by atoms with Crippen LogP contribution in [0.3, 0.4) is 0 Å². The van der Waals surface area contributed by atoms with Crippen molar-refractivity contribution in [3.8, 4) is 0 Å². The van der Waals surface area contributed by atoms with Crippen molar-refractivity contribution in [2.75, 3.05) is 19.0 Å². The van der Waals surface area contributed by atoms with E-state index >= 15 is 0 Å². The number of urea groups is 1. The van der Waals surface area contributed by atoms with Gasteiger partial charge in [-0.1, -0.05) is 17.4 Å². The van der Waals surface area contributed by atoms with E-state index in [1.54, 1.807) is 16.2 Å². The molecule has 0 aliphatic carbocycles. The lowest BCUT2D eigenvalue weighted by Gasteiger charge is -2.26. The molecule has 0 unspecified atom stereocenters. The number of thiazole rings is 1. The quantitative estimate of drug-likeness (QED) is 0.889. The number of aromatic nitrogens is 1. The van der Waals surface area contributed by atoms with E-state index in [0.29, 0.717) is 31.2 Å². The number of nitrogens with one attached hydrogen (secondary N) is 2. The van der Waals surface area contributed by atoms with Crippen LogP contribution in [0.1, 0.15) is 15.4 Å². The van der Waals surface area contributed by atoms with Gasteiger partial charge in [0.15, 0.2) is 5.13 Å². The van der Waals surface area contributed by atoms with Gasteiger partial charge in [-0.2, -0.15) is 0 Å². The van der Waals surface area contributed by atoms with Crippen molar-refractivity contribution < 1.29 is 14.3 Å². The Morgan fingerprint density at radius 2 is 2.35 bits per heavy atom. The van der Waals surface area contributed by atoms with Crippen LogP contribution in [-0.2, 0) is 24.2 Å². The van der Waals surface area contributed by atoms with Crippen molar-refractivity contribution in [3.63, 3.8) is 0 Å². The Hall–Kier alpha value is -2.13. The van der Waals surface area contributed by atoms with Gasteiger partial charge in [-0.15, -0.1) is 11.3 Å². The van der Waals surface area contributed by atoms with E-state index in [1.165, 1.54) is 18.4 Å². The van der Waals surface area contributed by atoms with Crippen LogP contribution < -0.4 is 10.6 Å². The fourth-order valence-corrected chi connectivity index (χ4v) is 3.90. The molecule has 0 radical (unpaired) electrons. The second kappa shape index (κ2) is 6.97. The second-order valence-electron chi connectivity index (χ2n) is 4.92. The minimum atomic E-state index is -0.540. The van der Waals surface area contributed by atoms with Crippen LogP contribution in [0, 0.1) is 0 Å². The fraction of sp³-hybridized carbons (Fsp3) is 0.357. The van der Waals surface area contributed by atoms with Gasteiger partial charge in [0.2, 0.25) is 0 Å². The summed E-state index contributed by atoms with van der Waals surface area (Å²) in [4.78, 5) is 31.7. The topological polar surface area (TPSA) is 83.6 Å². The van der Waals surface area contributed by atoms with Crippen LogP contribution in [0.25, 0.3) is 0 Å². The van der Waals surface area contributed by atoms with Crippen molar-refractivity contribution in [2.24, 2.45) is 0 Å². The molecule has 0 saturated heterocycles. The minimum Gasteiger partial charge on any atom is -0.453 e. The SMILES string of the molecule is COC(=O)Nc1nc2c(s1)CN(C(=O)NCc1cccs1)CC2. The van der Waals surface area contributed by atoms with Gasteiger partial charge in [0.25, 0.3) is 0 Å². The molecule has 0 spiro atoms. The first-order chi connectivity index (χ1) is 11.2. The van der Waals surface area contributed by atoms with Crippen LogP contribution in [-0.4, -0.2) is 35.7 Å². The maximum Gasteiger partial charge on any atom is 0.413 e. The lowest BCUT2D eigenvalue weighted by atomic mass is 10.2. The molecule has 3 heterocycles. The van der Waals surface area contributed by atoms with Crippen LogP contribution in [0.2, 0.25) is 0 Å². The predicted octanol–water partition coefficient (Wildman–Crippen LogP) is 2.65. The number of thiophene rings is 1. The average molecular weight is 352 g/mol. The summed E-state index contributed by atoms with van der Waals surface area (Å²) in [5, 5.41) is 7.98. The van der Waals surface area contributed by atoms with Crippen LogP contribution in [0.5, 0.6) is 0 Å². The van der Waals surface area contributed by atoms with E-state index < -0.39 is 6.09 Å². The molecule has 2 N–H and O–H groups in total. The standard InChI is InChI=1S/C14H16N4O3S2/c1-21-14(20)17-12-16-10-4-5-18(8-11(10)23-12)13(19)15-7-9-3-2-6-22-9/h2-3,6H,4-5,7-8H2,1H3,(H,15,19)(H,16,17,20). The molecule has 2 aromatic heterocycles. The molecule has 7 nitrogen and oxygen atoms in total. The first-order valence-corrected chi connectivity index (χ1v) is 8.74. The summed E-state index contributed by atoms with van der Waals surface area (Å²) in [6.07, 6.45) is 0.142. The monoisotopic (exact) mass is 352 g/mol. The predicted molar refractivity (Wildman–Crippen MR) is 88.8 cm³/mol. The van der Waals surface area contributed by atoms with E-state index in [0.717, 1.165) is 15.4 Å². The highest BCUT2D eigenvalue weighted by Gasteiger charge is 2.24. The Bertz CT molecular complexity index is 699. The Kier molecular flexibility index (Phi) is 4.77. The Labute approximate surface area is 141 Å². The number of methoxy groups -OCH3 is 1. The third-order valence-corrected chi connectivity index (χ3v) is 5.28. The second-order valence-corrected chi connectivity index (χ2v) is 7.03. The number of fused-ring (bicyclic) bond motifs is 1. The molecule has 0 aromatic carbocycles. The number of anilines is 1. The molecule has 1 aliphatic rings. The molecule has 3 rings (SSSR count). The summed E-state index contributed by atoms with van der Waals surface area (Å²) in [6.45, 7) is 1.66. The number of amides is 3. The molecule has 1 aliphatic heterocycles. The molecule has 9 heteroatoms. The van der Waals surface area contributed by atoms with Gasteiger partial charge in [-0.25, -0.2) is 14.6 Å². The Morgan fingerprint density at radius 3 is 3.09 bits per heavy atom. The zero-order valence-corrected chi connectivity index (χ0v) is 14.1. The first-order valence-electron chi connectivity index (χ1n) is 7.04. The molecule has 0 atom stereocenters. The fourth-order valence-electron chi connectivity index (χ4n) is 2.25. The van der Waals surface area contributed by atoms with Crippen molar-refractivity contribution in [2.45, 2.75) is 19.5 Å². The van der Waals surface area contributed by atoms with Gasteiger partial charge < -0.3 is 15.0 Å². The molecule has 2 aromatic rings. The number of carbonyl (C=O) groups excluding carboxylic acids is 2. The summed E-state index contributed by atoms with van der Waals surface area (Å²) in [7, 11) is 1.31. The third kappa shape index (κ3) is 3.80. The summed E-state index contributed by atoms with van der Waals surface area (Å²) in [5.74, 6) is 0. The van der Waals surface area contributed by atoms with Crippen LogP contribution >= 0.6 is 22.7 Å². The van der Waals surface area contributed by atoms with Crippen molar-refractivity contribution in [3.05, 3.63) is 33.0 Å². The molecule has 122 valence electrons. The molecular formula is C14H16N4O3S2. The van der Waals surface area contributed by atoms with E-state index in [4.69, 9.17) is 0 Å². The zero-order chi connectivity index (χ0) is 16.2. The van der Waals surface area contributed by atoms with Crippen LogP contribution in [0.4, 0.5) is 14.7 Å². The highest BCUT2D eigenvalue weighted by molar-refractivity contribution is 7.15. The molecule has 0 fully saturated rings. The Morgan fingerprint density at radius 1 is 1.48 bits per heavy atom. The average Bonchev–Trinajstić information content (AvgIpc) is 3.20. The van der Waals surface area contributed by atoms with Gasteiger partial charge in [-0.05, 0) is 11.4 Å². The molecule has 0 saturated carbocycles. The maximum atomic E-state index is 12.2. The van der Waals surface area contributed by atoms with E-state index in [9.17, 15) is 9.59 Å². The Balaban J connectivity index is 1.58. The first kappa shape index (κ1) is 15.8. The highest BCUT2D eigenvalue weighted by atomic mass is 32.1. The van der Waals surface area contributed by atoms with Gasteiger partial charge in [0.05, 0.1) is 25.9 Å². The summed E-state index contributed by atoms with van der Waals surface area (Å²) in [6, 6.07) is 3.87. The van der Waals surface area contributed by atoms with E-state index in [1.807, 2.05) is 17.5 Å². The van der Waals surface area contributed by atoms with Crippen molar-refractivity contribution >= 4 is 39.9 Å². The van der Waals surface area contributed by atoms with E-state index in [2.05, 4.69) is 20.4 Å². The number of nitrogens with zero attached hydrogens (tertiary/aromatic N) is 2. The number of ether oxygens (including phenoxy) is 1. The zero-order valence-electron chi connectivity index (χ0n) is 12.5. The number of hydrogen-bond donors (Lipinski definition) is 2. The van der Waals surface area contributed by atoms with Crippen molar-refractivity contribution in [1.82, 2.24) is 15.2 Å². The number of rotatable bonds is 3. The van der Waals surface area contributed by atoms with Gasteiger partial charge in [0.1, 0.15) is 0 Å². The van der Waals surface area contributed by atoms with Crippen LogP contribution in [0.15, 0.2) is 17.5 Å². The minimum absolute atomic E-state index is 0.0834. The smallest absolute Gasteiger partial charge is 0.413 e. The lowest BCUT2D eigenvalue weighted by Crippen LogP contribution is -2.42. The molecule has 0 bridgehead atoms. The van der Waals surface area contributed by atoms with Crippen molar-refractivity contribution in [1.29, 1.82) is 0 Å². The molecular weight excluding hydrogens is 336 g/mol. The van der Waals surface area contributed by atoms with Gasteiger partial charge in [0, 0.05) is 22.7 Å². The molecule has 3 amide bonds. The summed E-state index contributed by atoms with van der Waals surface area (Å²) >= 11 is 2.99. The van der Waals surface area contributed by atoms with E-state index in [-0.39, 0.29) is 6.03 Å². The third-order valence-electron chi connectivity index (χ3n) is 3.41. The van der Waals surface area contributed by atoms with Gasteiger partial charge in [-0.3, -0.25) is 5.32 Å². The summed E-state index contributed by atoms with van der Waals surface area (Å²) < 4.78 is 4.56. The number of hydrogen-bond acceptors (Lipinski definition) is 6. The summed E-state index contributed by atoms with van der Waals surface area (Å²) in [5.41, 5.74) is 0.934. The number of carbonyl (C=O) groups is 2. The largest absolute Gasteiger partial charge is 0.453 e. The highest BCUT2D eigenvalue weighted by Crippen LogP contribution is 2.28. The van der Waals surface area contributed by atoms with Gasteiger partial charge >= 0.3 is 12.1 Å². The lowest BCUT2D eigenvalue weighted by molar-refractivity contribution is 0.187.